The van der Waals surface area contributed by atoms with Crippen LogP contribution in [0.1, 0.15) is 24.8 Å². The molecule has 2 rings (SSSR count). The van der Waals surface area contributed by atoms with E-state index in [1.54, 1.807) is 7.11 Å². The lowest BCUT2D eigenvalue weighted by molar-refractivity contribution is -0.126. The molecule has 0 aliphatic carbocycles. The number of ether oxygens (including phenoxy) is 1. The summed E-state index contributed by atoms with van der Waals surface area (Å²) in [7, 11) is 1.64. The molecule has 1 aromatic rings. The van der Waals surface area contributed by atoms with E-state index in [9.17, 15) is 4.79 Å². The van der Waals surface area contributed by atoms with E-state index in [1.807, 2.05) is 24.3 Å². The van der Waals surface area contributed by atoms with Crippen LogP contribution in [-0.4, -0.2) is 37.6 Å². The molecular weight excluding hydrogens is 278 g/mol. The number of carbonyl (C=O) groups excluding carboxylic acids is 1. The van der Waals surface area contributed by atoms with Crippen LogP contribution in [0, 0.1) is 17.2 Å². The summed E-state index contributed by atoms with van der Waals surface area (Å²) in [6.07, 6.45) is 2.48. The number of rotatable bonds is 6. The largest absolute Gasteiger partial charge is 0.497 e. The Labute approximate surface area is 131 Å². The summed E-state index contributed by atoms with van der Waals surface area (Å²) >= 11 is 0. The highest BCUT2D eigenvalue weighted by Crippen LogP contribution is 2.17. The van der Waals surface area contributed by atoms with Crippen LogP contribution in [0.4, 0.5) is 0 Å². The molecule has 0 spiro atoms. The maximum absolute atomic E-state index is 12.3. The Morgan fingerprint density at radius 1 is 1.45 bits per heavy atom. The molecule has 118 valence electrons. The molecule has 1 aromatic carbocycles. The molecule has 1 N–H and O–H groups in total. The van der Waals surface area contributed by atoms with Gasteiger partial charge in [-0.3, -0.25) is 4.79 Å². The number of likely N-dealkylation sites (tertiary alicyclic amines) is 1. The van der Waals surface area contributed by atoms with E-state index < -0.39 is 0 Å². The standard InChI is InChI=1S/C17H23N3O2/c1-22-16-7-5-14(6-8-16)12-19-17(21)15-4-2-10-20(13-15)11-3-9-18/h5-8,15H,2-4,10-13H2,1H3,(H,19,21). The van der Waals surface area contributed by atoms with Gasteiger partial charge in [0, 0.05) is 26.1 Å². The van der Waals surface area contributed by atoms with Crippen molar-refractivity contribution in [3.05, 3.63) is 29.8 Å². The third-order valence-corrected chi connectivity index (χ3v) is 4.04. The maximum atomic E-state index is 12.3. The average Bonchev–Trinajstić information content (AvgIpc) is 2.58. The second-order valence-electron chi connectivity index (χ2n) is 5.61. The van der Waals surface area contributed by atoms with Gasteiger partial charge in [0.1, 0.15) is 5.75 Å². The highest BCUT2D eigenvalue weighted by molar-refractivity contribution is 5.78. The molecule has 0 saturated carbocycles. The molecule has 1 unspecified atom stereocenters. The summed E-state index contributed by atoms with van der Waals surface area (Å²) in [6.45, 7) is 3.05. The van der Waals surface area contributed by atoms with Gasteiger partial charge in [-0.2, -0.15) is 5.26 Å². The first-order valence-corrected chi connectivity index (χ1v) is 7.73. The summed E-state index contributed by atoms with van der Waals surface area (Å²) in [5.41, 5.74) is 1.06. The van der Waals surface area contributed by atoms with Crippen molar-refractivity contribution in [3.8, 4) is 11.8 Å². The number of hydrogen-bond acceptors (Lipinski definition) is 4. The van der Waals surface area contributed by atoms with Crippen molar-refractivity contribution >= 4 is 5.91 Å². The topological polar surface area (TPSA) is 65.4 Å². The number of piperidine rings is 1. The lowest BCUT2D eigenvalue weighted by Crippen LogP contribution is -2.43. The number of carbonyl (C=O) groups is 1. The van der Waals surface area contributed by atoms with Gasteiger partial charge >= 0.3 is 0 Å². The van der Waals surface area contributed by atoms with E-state index in [2.05, 4.69) is 16.3 Å². The second kappa shape index (κ2) is 8.40. The van der Waals surface area contributed by atoms with Crippen LogP contribution >= 0.6 is 0 Å². The first-order chi connectivity index (χ1) is 10.7. The lowest BCUT2D eigenvalue weighted by Gasteiger charge is -2.31. The van der Waals surface area contributed by atoms with Crippen molar-refractivity contribution in [3.63, 3.8) is 0 Å². The fourth-order valence-corrected chi connectivity index (χ4v) is 2.76. The third-order valence-electron chi connectivity index (χ3n) is 4.04. The summed E-state index contributed by atoms with van der Waals surface area (Å²) in [4.78, 5) is 14.5. The Bertz CT molecular complexity index is 522. The van der Waals surface area contributed by atoms with Gasteiger partial charge in [-0.25, -0.2) is 0 Å². The molecule has 0 radical (unpaired) electrons. The molecule has 1 amide bonds. The van der Waals surface area contributed by atoms with Gasteiger partial charge in [0.15, 0.2) is 0 Å². The fourth-order valence-electron chi connectivity index (χ4n) is 2.76. The summed E-state index contributed by atoms with van der Waals surface area (Å²) < 4.78 is 5.12. The Morgan fingerprint density at radius 3 is 2.91 bits per heavy atom. The zero-order chi connectivity index (χ0) is 15.8. The van der Waals surface area contributed by atoms with Gasteiger partial charge in [-0.15, -0.1) is 0 Å². The van der Waals surface area contributed by atoms with E-state index in [1.165, 1.54) is 0 Å². The molecule has 1 aliphatic heterocycles. The molecule has 1 saturated heterocycles. The van der Waals surface area contributed by atoms with E-state index in [0.29, 0.717) is 13.0 Å². The molecule has 1 fully saturated rings. The van der Waals surface area contributed by atoms with Crippen molar-refractivity contribution in [2.24, 2.45) is 5.92 Å². The van der Waals surface area contributed by atoms with Crippen LogP contribution in [0.2, 0.25) is 0 Å². The highest BCUT2D eigenvalue weighted by atomic mass is 16.5. The summed E-state index contributed by atoms with van der Waals surface area (Å²) in [5, 5.41) is 11.7. The van der Waals surface area contributed by atoms with Gasteiger partial charge < -0.3 is 15.0 Å². The lowest BCUT2D eigenvalue weighted by atomic mass is 9.97. The first-order valence-electron chi connectivity index (χ1n) is 7.73. The molecule has 22 heavy (non-hydrogen) atoms. The Balaban J connectivity index is 1.79. The van der Waals surface area contributed by atoms with E-state index >= 15 is 0 Å². The van der Waals surface area contributed by atoms with Crippen LogP contribution in [-0.2, 0) is 11.3 Å². The summed E-state index contributed by atoms with van der Waals surface area (Å²) in [6, 6.07) is 9.87. The number of nitrogens with zero attached hydrogens (tertiary/aromatic N) is 2. The minimum absolute atomic E-state index is 0.0330. The minimum atomic E-state index is 0.0330. The molecule has 1 heterocycles. The normalized spacial score (nSPS) is 18.5. The molecular formula is C17H23N3O2. The van der Waals surface area contributed by atoms with E-state index in [4.69, 9.17) is 10.00 Å². The highest BCUT2D eigenvalue weighted by Gasteiger charge is 2.25. The van der Waals surface area contributed by atoms with Crippen LogP contribution in [0.25, 0.3) is 0 Å². The maximum Gasteiger partial charge on any atom is 0.224 e. The molecule has 0 bridgehead atoms. The fraction of sp³-hybridized carbons (Fsp3) is 0.529. The SMILES string of the molecule is COc1ccc(CNC(=O)C2CCCN(CCC#N)C2)cc1. The van der Waals surface area contributed by atoms with Crippen molar-refractivity contribution in [2.45, 2.75) is 25.8 Å². The van der Waals surface area contributed by atoms with Crippen molar-refractivity contribution in [1.29, 1.82) is 5.26 Å². The predicted octanol–water partition coefficient (Wildman–Crippen LogP) is 1.94. The number of methoxy groups -OCH3 is 1. The Morgan fingerprint density at radius 2 is 2.23 bits per heavy atom. The van der Waals surface area contributed by atoms with Gasteiger partial charge in [0.2, 0.25) is 5.91 Å². The number of benzene rings is 1. The molecule has 0 aromatic heterocycles. The van der Waals surface area contributed by atoms with Crippen molar-refractivity contribution < 1.29 is 9.53 Å². The quantitative estimate of drug-likeness (QED) is 0.872. The monoisotopic (exact) mass is 301 g/mol. The van der Waals surface area contributed by atoms with Crippen molar-refractivity contribution in [1.82, 2.24) is 10.2 Å². The van der Waals surface area contributed by atoms with Crippen molar-refractivity contribution in [2.75, 3.05) is 26.7 Å². The second-order valence-corrected chi connectivity index (χ2v) is 5.61. The number of amides is 1. The molecule has 5 heteroatoms. The first kappa shape index (κ1) is 16.3. The van der Waals surface area contributed by atoms with Crippen LogP contribution in [0.5, 0.6) is 5.75 Å². The molecule has 1 aliphatic rings. The smallest absolute Gasteiger partial charge is 0.224 e. The van der Waals surface area contributed by atoms with E-state index in [-0.39, 0.29) is 11.8 Å². The Hall–Kier alpha value is -2.06. The van der Waals surface area contributed by atoms with Crippen LogP contribution in [0.15, 0.2) is 24.3 Å². The predicted molar refractivity (Wildman–Crippen MR) is 84.2 cm³/mol. The van der Waals surface area contributed by atoms with Crippen LogP contribution in [0.3, 0.4) is 0 Å². The zero-order valence-corrected chi connectivity index (χ0v) is 13.0. The molecule has 5 nitrogen and oxygen atoms in total. The minimum Gasteiger partial charge on any atom is -0.497 e. The number of nitriles is 1. The van der Waals surface area contributed by atoms with Crippen LogP contribution < -0.4 is 10.1 Å². The van der Waals surface area contributed by atoms with Gasteiger partial charge in [0.25, 0.3) is 0 Å². The Kier molecular flexibility index (Phi) is 6.23. The van der Waals surface area contributed by atoms with Gasteiger partial charge in [0.05, 0.1) is 19.1 Å². The van der Waals surface area contributed by atoms with Gasteiger partial charge in [-0.05, 0) is 37.1 Å². The number of nitrogens with one attached hydrogen (secondary N) is 1. The third kappa shape index (κ3) is 4.74. The number of hydrogen-bond donors (Lipinski definition) is 1. The van der Waals surface area contributed by atoms with Gasteiger partial charge in [-0.1, -0.05) is 12.1 Å². The van der Waals surface area contributed by atoms with E-state index in [0.717, 1.165) is 43.8 Å². The zero-order valence-electron chi connectivity index (χ0n) is 13.0. The average molecular weight is 301 g/mol. The summed E-state index contributed by atoms with van der Waals surface area (Å²) in [5.74, 6) is 0.957. The molecule has 1 atom stereocenters.